The minimum atomic E-state index is 0.100. The SMILES string of the molecule is CCCc1cccc(C(NC)C(C)(C)N(CC)CC)c1. The Morgan fingerprint density at radius 1 is 1.15 bits per heavy atom. The predicted molar refractivity (Wildman–Crippen MR) is 89.2 cm³/mol. The Morgan fingerprint density at radius 3 is 2.30 bits per heavy atom. The maximum atomic E-state index is 3.54. The summed E-state index contributed by atoms with van der Waals surface area (Å²) in [7, 11) is 2.07. The van der Waals surface area contributed by atoms with Crippen LogP contribution >= 0.6 is 0 Å². The maximum Gasteiger partial charge on any atom is 0.0499 e. The Hall–Kier alpha value is -0.860. The summed E-state index contributed by atoms with van der Waals surface area (Å²) < 4.78 is 0. The molecular weight excluding hydrogens is 244 g/mol. The van der Waals surface area contributed by atoms with E-state index in [4.69, 9.17) is 0 Å². The number of hydrogen-bond acceptors (Lipinski definition) is 2. The normalized spacial score (nSPS) is 13.8. The lowest BCUT2D eigenvalue weighted by molar-refractivity contribution is 0.0944. The number of aryl methyl sites for hydroxylation is 1. The Labute approximate surface area is 125 Å². The van der Waals surface area contributed by atoms with E-state index in [1.54, 1.807) is 0 Å². The second-order valence-corrected chi connectivity index (χ2v) is 6.04. The van der Waals surface area contributed by atoms with Crippen LogP contribution in [0.25, 0.3) is 0 Å². The van der Waals surface area contributed by atoms with Crippen LogP contribution in [0.4, 0.5) is 0 Å². The highest BCUT2D eigenvalue weighted by Gasteiger charge is 2.34. The van der Waals surface area contributed by atoms with Gasteiger partial charge in [-0.25, -0.2) is 0 Å². The third kappa shape index (κ3) is 3.83. The van der Waals surface area contributed by atoms with Crippen molar-refractivity contribution in [2.75, 3.05) is 20.1 Å². The van der Waals surface area contributed by atoms with Crippen LogP contribution in [0.15, 0.2) is 24.3 Å². The van der Waals surface area contributed by atoms with Gasteiger partial charge in [0.05, 0.1) is 0 Å². The molecule has 1 aromatic carbocycles. The van der Waals surface area contributed by atoms with Crippen LogP contribution in [0.3, 0.4) is 0 Å². The molecule has 0 heterocycles. The van der Waals surface area contributed by atoms with Gasteiger partial charge in [-0.15, -0.1) is 0 Å². The Kier molecular flexibility index (Phi) is 6.70. The molecule has 0 aliphatic heterocycles. The molecule has 0 aliphatic carbocycles. The molecule has 0 amide bonds. The molecule has 1 atom stereocenters. The summed E-state index contributed by atoms with van der Waals surface area (Å²) in [6, 6.07) is 9.41. The number of rotatable bonds is 8. The molecule has 0 saturated heterocycles. The van der Waals surface area contributed by atoms with Crippen LogP contribution in [-0.4, -0.2) is 30.6 Å². The van der Waals surface area contributed by atoms with Gasteiger partial charge in [-0.1, -0.05) is 51.5 Å². The van der Waals surface area contributed by atoms with Gasteiger partial charge in [-0.05, 0) is 51.5 Å². The number of nitrogens with zero attached hydrogens (tertiary/aromatic N) is 1. The predicted octanol–water partition coefficient (Wildman–Crippen LogP) is 4.02. The topological polar surface area (TPSA) is 15.3 Å². The van der Waals surface area contributed by atoms with Crippen molar-refractivity contribution in [3.63, 3.8) is 0 Å². The van der Waals surface area contributed by atoms with E-state index in [9.17, 15) is 0 Å². The average molecular weight is 276 g/mol. The van der Waals surface area contributed by atoms with E-state index < -0.39 is 0 Å². The Balaban J connectivity index is 3.08. The Morgan fingerprint density at radius 2 is 1.80 bits per heavy atom. The monoisotopic (exact) mass is 276 g/mol. The van der Waals surface area contributed by atoms with Crippen molar-refractivity contribution in [3.05, 3.63) is 35.4 Å². The molecule has 1 aromatic rings. The summed E-state index contributed by atoms with van der Waals surface area (Å²) in [5.74, 6) is 0. The van der Waals surface area contributed by atoms with E-state index >= 15 is 0 Å². The van der Waals surface area contributed by atoms with Gasteiger partial charge < -0.3 is 5.32 Å². The first-order valence-corrected chi connectivity index (χ1v) is 8.02. The molecular formula is C18H32N2. The smallest absolute Gasteiger partial charge is 0.0499 e. The fraction of sp³-hybridized carbons (Fsp3) is 0.667. The standard InChI is InChI=1S/C18H32N2/c1-7-11-15-12-10-13-16(14-15)17(19-6)18(4,5)20(8-2)9-3/h10,12-14,17,19H,7-9,11H2,1-6H3. The molecule has 1 rings (SSSR count). The highest BCUT2D eigenvalue weighted by molar-refractivity contribution is 5.28. The lowest BCUT2D eigenvalue weighted by Gasteiger charge is -2.43. The first kappa shape index (κ1) is 17.2. The van der Waals surface area contributed by atoms with Gasteiger partial charge in [0, 0.05) is 11.6 Å². The summed E-state index contributed by atoms with van der Waals surface area (Å²) >= 11 is 0. The summed E-state index contributed by atoms with van der Waals surface area (Å²) in [5.41, 5.74) is 2.94. The molecule has 2 heteroatoms. The van der Waals surface area contributed by atoms with Crippen molar-refractivity contribution in [3.8, 4) is 0 Å². The third-order valence-electron chi connectivity index (χ3n) is 4.40. The lowest BCUT2D eigenvalue weighted by atomic mass is 9.86. The highest BCUT2D eigenvalue weighted by atomic mass is 15.2. The van der Waals surface area contributed by atoms with Gasteiger partial charge in [-0.3, -0.25) is 4.90 Å². The van der Waals surface area contributed by atoms with Crippen molar-refractivity contribution in [1.29, 1.82) is 0 Å². The largest absolute Gasteiger partial charge is 0.311 e. The molecule has 0 radical (unpaired) electrons. The number of nitrogens with one attached hydrogen (secondary N) is 1. The van der Waals surface area contributed by atoms with E-state index in [2.05, 4.69) is 76.1 Å². The van der Waals surface area contributed by atoms with Crippen molar-refractivity contribution >= 4 is 0 Å². The van der Waals surface area contributed by atoms with Crippen LogP contribution in [0.5, 0.6) is 0 Å². The van der Waals surface area contributed by atoms with Gasteiger partial charge in [0.15, 0.2) is 0 Å². The molecule has 0 spiro atoms. The number of likely N-dealkylation sites (N-methyl/N-ethyl adjacent to an activating group) is 2. The first-order valence-electron chi connectivity index (χ1n) is 8.02. The summed E-state index contributed by atoms with van der Waals surface area (Å²) in [6.45, 7) is 13.6. The first-order chi connectivity index (χ1) is 9.51. The molecule has 0 aromatic heterocycles. The molecule has 20 heavy (non-hydrogen) atoms. The molecule has 0 saturated carbocycles. The van der Waals surface area contributed by atoms with Gasteiger partial charge >= 0.3 is 0 Å². The van der Waals surface area contributed by atoms with Crippen LogP contribution in [0.2, 0.25) is 0 Å². The van der Waals surface area contributed by atoms with Gasteiger partial charge in [0.25, 0.3) is 0 Å². The van der Waals surface area contributed by atoms with Crippen LogP contribution in [-0.2, 0) is 6.42 Å². The zero-order valence-corrected chi connectivity index (χ0v) is 14.2. The zero-order chi connectivity index (χ0) is 15.2. The lowest BCUT2D eigenvalue weighted by Crippen LogP contribution is -2.51. The van der Waals surface area contributed by atoms with E-state index in [0.29, 0.717) is 6.04 Å². The fourth-order valence-electron chi connectivity index (χ4n) is 3.37. The van der Waals surface area contributed by atoms with Crippen molar-refractivity contribution in [2.45, 2.75) is 59.0 Å². The van der Waals surface area contributed by atoms with Crippen LogP contribution < -0.4 is 5.32 Å². The maximum absolute atomic E-state index is 3.54. The van der Waals surface area contributed by atoms with Crippen molar-refractivity contribution in [2.24, 2.45) is 0 Å². The minimum Gasteiger partial charge on any atom is -0.311 e. The van der Waals surface area contributed by atoms with Gasteiger partial charge in [0.1, 0.15) is 0 Å². The molecule has 0 aliphatic rings. The molecule has 0 fully saturated rings. The minimum absolute atomic E-state index is 0.100. The second-order valence-electron chi connectivity index (χ2n) is 6.04. The second kappa shape index (κ2) is 7.80. The van der Waals surface area contributed by atoms with E-state index in [1.807, 2.05) is 0 Å². The summed E-state index contributed by atoms with van der Waals surface area (Å²) in [4.78, 5) is 2.53. The van der Waals surface area contributed by atoms with Crippen molar-refractivity contribution < 1.29 is 0 Å². The molecule has 114 valence electrons. The molecule has 0 bridgehead atoms. The Bertz CT molecular complexity index is 394. The third-order valence-corrected chi connectivity index (χ3v) is 4.40. The number of benzene rings is 1. The van der Waals surface area contributed by atoms with Crippen LogP contribution in [0.1, 0.15) is 58.2 Å². The van der Waals surface area contributed by atoms with E-state index in [0.717, 1.165) is 19.5 Å². The van der Waals surface area contributed by atoms with Gasteiger partial charge in [0.2, 0.25) is 0 Å². The summed E-state index contributed by atoms with van der Waals surface area (Å²) in [5, 5.41) is 3.54. The number of hydrogen-bond donors (Lipinski definition) is 1. The van der Waals surface area contributed by atoms with Gasteiger partial charge in [-0.2, -0.15) is 0 Å². The zero-order valence-electron chi connectivity index (χ0n) is 14.2. The van der Waals surface area contributed by atoms with E-state index in [1.165, 1.54) is 17.5 Å². The average Bonchev–Trinajstić information content (AvgIpc) is 2.41. The molecule has 2 nitrogen and oxygen atoms in total. The highest BCUT2D eigenvalue weighted by Crippen LogP contribution is 2.31. The summed E-state index contributed by atoms with van der Waals surface area (Å²) in [6.07, 6.45) is 2.36. The molecule has 1 unspecified atom stereocenters. The van der Waals surface area contributed by atoms with E-state index in [-0.39, 0.29) is 5.54 Å². The quantitative estimate of drug-likeness (QED) is 0.771. The van der Waals surface area contributed by atoms with Crippen molar-refractivity contribution in [1.82, 2.24) is 10.2 Å². The molecule has 1 N–H and O–H groups in total. The van der Waals surface area contributed by atoms with Crippen LogP contribution in [0, 0.1) is 0 Å². The fourth-order valence-corrected chi connectivity index (χ4v) is 3.37.